The summed E-state index contributed by atoms with van der Waals surface area (Å²) in [4.78, 5) is 39.9. The molecule has 7 heteroatoms. The first-order chi connectivity index (χ1) is 12.9. The van der Waals surface area contributed by atoms with Gasteiger partial charge >= 0.3 is 6.03 Å². The quantitative estimate of drug-likeness (QED) is 0.817. The SMILES string of the molecule is CC(C)CC(=O)N1C[C@@H]2CN(C(=O)CNC(N)=O)C[C@@H]2[C@H]1c1ccccc1. The van der Waals surface area contributed by atoms with Gasteiger partial charge in [0.2, 0.25) is 11.8 Å². The number of hydrogen-bond acceptors (Lipinski definition) is 3. The highest BCUT2D eigenvalue weighted by Crippen LogP contribution is 2.45. The summed E-state index contributed by atoms with van der Waals surface area (Å²) in [5.74, 6) is 0.828. The molecule has 2 fully saturated rings. The van der Waals surface area contributed by atoms with Crippen molar-refractivity contribution in [2.75, 3.05) is 26.2 Å². The van der Waals surface area contributed by atoms with Gasteiger partial charge in [-0.05, 0) is 11.5 Å². The normalized spacial score (nSPS) is 24.2. The van der Waals surface area contributed by atoms with Gasteiger partial charge in [-0.25, -0.2) is 4.79 Å². The lowest BCUT2D eigenvalue weighted by atomic mass is 9.89. The molecule has 0 unspecified atom stereocenters. The van der Waals surface area contributed by atoms with Crippen molar-refractivity contribution in [3.63, 3.8) is 0 Å². The maximum Gasteiger partial charge on any atom is 0.312 e. The zero-order valence-electron chi connectivity index (χ0n) is 15.9. The number of benzene rings is 1. The van der Waals surface area contributed by atoms with Crippen LogP contribution in [0.15, 0.2) is 30.3 Å². The molecule has 4 amide bonds. The number of urea groups is 1. The van der Waals surface area contributed by atoms with E-state index in [2.05, 4.69) is 31.3 Å². The molecule has 2 aliphatic rings. The first-order valence-electron chi connectivity index (χ1n) is 9.52. The largest absolute Gasteiger partial charge is 0.352 e. The lowest BCUT2D eigenvalue weighted by molar-refractivity contribution is -0.134. The van der Waals surface area contributed by atoms with Gasteiger partial charge in [0.25, 0.3) is 0 Å². The number of likely N-dealkylation sites (tertiary alicyclic amines) is 2. The van der Waals surface area contributed by atoms with E-state index in [1.54, 1.807) is 4.90 Å². The number of carbonyl (C=O) groups excluding carboxylic acids is 3. The standard InChI is InChI=1S/C20H28N4O3/c1-13(2)8-17(25)24-11-15-10-23(18(26)9-22-20(21)27)12-16(15)19(24)14-6-4-3-5-7-14/h3-7,13,15-16,19H,8-12H2,1-2H3,(H3,21,22,27)/t15-,16-,19+/m0/s1. The number of nitrogens with zero attached hydrogens (tertiary/aromatic N) is 2. The van der Waals surface area contributed by atoms with Gasteiger partial charge in [-0.15, -0.1) is 0 Å². The number of hydrogen-bond donors (Lipinski definition) is 2. The van der Waals surface area contributed by atoms with Crippen LogP contribution in [0.2, 0.25) is 0 Å². The molecule has 2 saturated heterocycles. The molecule has 3 atom stereocenters. The van der Waals surface area contributed by atoms with E-state index in [9.17, 15) is 14.4 Å². The summed E-state index contributed by atoms with van der Waals surface area (Å²) in [6.45, 7) is 5.90. The molecule has 1 aromatic carbocycles. The maximum absolute atomic E-state index is 12.8. The molecule has 2 heterocycles. The van der Waals surface area contributed by atoms with Gasteiger partial charge in [-0.1, -0.05) is 44.2 Å². The van der Waals surface area contributed by atoms with E-state index in [-0.39, 0.29) is 36.2 Å². The average molecular weight is 372 g/mol. The number of fused-ring (bicyclic) bond motifs is 1. The van der Waals surface area contributed by atoms with E-state index in [0.717, 1.165) is 5.56 Å². The molecule has 27 heavy (non-hydrogen) atoms. The predicted molar refractivity (Wildman–Crippen MR) is 101 cm³/mol. The number of primary amides is 1. The monoisotopic (exact) mass is 372 g/mol. The molecular weight excluding hydrogens is 344 g/mol. The van der Waals surface area contributed by atoms with Crippen LogP contribution in [-0.2, 0) is 9.59 Å². The summed E-state index contributed by atoms with van der Waals surface area (Å²) >= 11 is 0. The summed E-state index contributed by atoms with van der Waals surface area (Å²) in [5, 5.41) is 2.36. The van der Waals surface area contributed by atoms with Crippen molar-refractivity contribution in [3.8, 4) is 0 Å². The molecule has 3 rings (SSSR count). The van der Waals surface area contributed by atoms with Gasteiger partial charge in [0.1, 0.15) is 0 Å². The van der Waals surface area contributed by atoms with Crippen molar-refractivity contribution in [2.24, 2.45) is 23.5 Å². The maximum atomic E-state index is 12.8. The van der Waals surface area contributed by atoms with E-state index in [4.69, 9.17) is 5.73 Å². The molecule has 3 N–H and O–H groups in total. The Morgan fingerprint density at radius 1 is 1.11 bits per heavy atom. The van der Waals surface area contributed by atoms with Crippen LogP contribution in [0.3, 0.4) is 0 Å². The zero-order chi connectivity index (χ0) is 19.6. The van der Waals surface area contributed by atoms with Crippen LogP contribution >= 0.6 is 0 Å². The van der Waals surface area contributed by atoms with Crippen LogP contribution < -0.4 is 11.1 Å². The first kappa shape index (κ1) is 19.2. The van der Waals surface area contributed by atoms with Crippen molar-refractivity contribution in [1.82, 2.24) is 15.1 Å². The molecule has 0 radical (unpaired) electrons. The van der Waals surface area contributed by atoms with Gasteiger partial charge in [-0.3, -0.25) is 9.59 Å². The smallest absolute Gasteiger partial charge is 0.312 e. The van der Waals surface area contributed by atoms with E-state index in [0.29, 0.717) is 32.0 Å². The highest BCUT2D eigenvalue weighted by atomic mass is 16.2. The van der Waals surface area contributed by atoms with Gasteiger partial charge in [0.15, 0.2) is 0 Å². The summed E-state index contributed by atoms with van der Waals surface area (Å²) in [5.41, 5.74) is 6.17. The molecular formula is C20H28N4O3. The Kier molecular flexibility index (Phi) is 5.68. The topological polar surface area (TPSA) is 95.7 Å². The minimum absolute atomic E-state index is 0.00986. The number of nitrogens with two attached hydrogens (primary N) is 1. The fourth-order valence-corrected chi connectivity index (χ4v) is 4.32. The Bertz CT molecular complexity index is 706. The Balaban J connectivity index is 1.77. The van der Waals surface area contributed by atoms with E-state index in [1.165, 1.54) is 0 Å². The summed E-state index contributed by atoms with van der Waals surface area (Å²) in [6.07, 6.45) is 0.536. The molecule has 0 aliphatic carbocycles. The fraction of sp³-hybridized carbons (Fsp3) is 0.550. The van der Waals surface area contributed by atoms with Crippen molar-refractivity contribution >= 4 is 17.8 Å². The van der Waals surface area contributed by atoms with Gasteiger partial charge in [-0.2, -0.15) is 0 Å². The molecule has 0 saturated carbocycles. The van der Waals surface area contributed by atoms with Crippen molar-refractivity contribution in [3.05, 3.63) is 35.9 Å². The summed E-state index contributed by atoms with van der Waals surface area (Å²) < 4.78 is 0. The van der Waals surface area contributed by atoms with Crippen LogP contribution in [0.1, 0.15) is 31.9 Å². The van der Waals surface area contributed by atoms with E-state index in [1.807, 2.05) is 23.1 Å². The minimum Gasteiger partial charge on any atom is -0.352 e. The lowest BCUT2D eigenvalue weighted by Gasteiger charge is -2.30. The van der Waals surface area contributed by atoms with E-state index < -0.39 is 6.03 Å². The van der Waals surface area contributed by atoms with Gasteiger partial charge in [0, 0.05) is 37.9 Å². The zero-order valence-corrected chi connectivity index (χ0v) is 15.9. The fourth-order valence-electron chi connectivity index (χ4n) is 4.32. The number of carbonyl (C=O) groups is 3. The second-order valence-electron chi connectivity index (χ2n) is 7.94. The van der Waals surface area contributed by atoms with Gasteiger partial charge < -0.3 is 20.9 Å². The molecule has 146 valence electrons. The number of rotatable bonds is 5. The van der Waals surface area contributed by atoms with Crippen molar-refractivity contribution < 1.29 is 14.4 Å². The van der Waals surface area contributed by atoms with E-state index >= 15 is 0 Å². The summed E-state index contributed by atoms with van der Waals surface area (Å²) in [7, 11) is 0. The molecule has 0 aromatic heterocycles. The van der Waals surface area contributed by atoms with Crippen LogP contribution in [-0.4, -0.2) is 53.8 Å². The lowest BCUT2D eigenvalue weighted by Crippen LogP contribution is -2.43. The van der Waals surface area contributed by atoms with Crippen LogP contribution in [0.4, 0.5) is 4.79 Å². The first-order valence-corrected chi connectivity index (χ1v) is 9.52. The highest BCUT2D eigenvalue weighted by Gasteiger charge is 2.49. The Morgan fingerprint density at radius 3 is 2.44 bits per heavy atom. The van der Waals surface area contributed by atoms with Gasteiger partial charge in [0.05, 0.1) is 12.6 Å². The average Bonchev–Trinajstić information content (AvgIpc) is 3.17. The van der Waals surface area contributed by atoms with Crippen molar-refractivity contribution in [1.29, 1.82) is 0 Å². The Hall–Kier alpha value is -2.57. The second kappa shape index (κ2) is 7.98. The van der Waals surface area contributed by atoms with Crippen LogP contribution in [0, 0.1) is 17.8 Å². The third kappa shape index (κ3) is 4.23. The molecule has 0 spiro atoms. The Morgan fingerprint density at radius 2 is 1.81 bits per heavy atom. The second-order valence-corrected chi connectivity index (χ2v) is 7.94. The van der Waals surface area contributed by atoms with Crippen LogP contribution in [0.25, 0.3) is 0 Å². The predicted octanol–water partition coefficient (Wildman–Crippen LogP) is 1.36. The Labute approximate surface area is 159 Å². The molecule has 1 aromatic rings. The molecule has 2 aliphatic heterocycles. The molecule has 0 bridgehead atoms. The number of amides is 4. The van der Waals surface area contributed by atoms with Crippen LogP contribution in [0.5, 0.6) is 0 Å². The minimum atomic E-state index is -0.699. The summed E-state index contributed by atoms with van der Waals surface area (Å²) in [6, 6.07) is 9.35. The van der Waals surface area contributed by atoms with Crippen molar-refractivity contribution in [2.45, 2.75) is 26.3 Å². The molecule has 7 nitrogen and oxygen atoms in total. The third-order valence-electron chi connectivity index (χ3n) is 5.47. The highest BCUT2D eigenvalue weighted by molar-refractivity contribution is 5.83. The third-order valence-corrected chi connectivity index (χ3v) is 5.47. The number of nitrogens with one attached hydrogen (secondary N) is 1.